The van der Waals surface area contributed by atoms with Gasteiger partial charge in [-0.15, -0.1) is 11.3 Å². The zero-order chi connectivity index (χ0) is 28.7. The Bertz CT molecular complexity index is 1150. The van der Waals surface area contributed by atoms with Crippen molar-refractivity contribution >= 4 is 57.2 Å². The van der Waals surface area contributed by atoms with Gasteiger partial charge in [0.15, 0.2) is 10.8 Å². The lowest BCUT2D eigenvalue weighted by atomic mass is 10.0. The summed E-state index contributed by atoms with van der Waals surface area (Å²) in [5.74, 6) is -2.27. The lowest BCUT2D eigenvalue weighted by Gasteiger charge is -2.48. The van der Waals surface area contributed by atoms with E-state index in [9.17, 15) is 23.4 Å². The van der Waals surface area contributed by atoms with Crippen LogP contribution in [0.4, 0.5) is 5.13 Å². The van der Waals surface area contributed by atoms with Crippen LogP contribution in [0, 0.1) is 0 Å². The van der Waals surface area contributed by atoms with Gasteiger partial charge >= 0.3 is 5.97 Å². The van der Waals surface area contributed by atoms with Crippen LogP contribution in [0.3, 0.4) is 0 Å². The van der Waals surface area contributed by atoms with Crippen molar-refractivity contribution in [3.63, 3.8) is 0 Å². The molecule has 1 aromatic rings. The maximum Gasteiger partial charge on any atom is 0.355 e. The first-order valence-electron chi connectivity index (χ1n) is 12.0. The molecule has 0 radical (unpaired) electrons. The Morgan fingerprint density at radius 1 is 1.26 bits per heavy atom. The van der Waals surface area contributed by atoms with Gasteiger partial charge in [-0.3, -0.25) is 23.5 Å². The summed E-state index contributed by atoms with van der Waals surface area (Å²) in [5, 5.41) is 9.26. The molecule has 0 saturated carbocycles. The molecule has 3 atom stereocenters. The molecule has 3 heterocycles. The van der Waals surface area contributed by atoms with Crippen LogP contribution in [-0.2, 0) is 49.0 Å². The van der Waals surface area contributed by atoms with E-state index in [1.54, 1.807) is 0 Å². The largest absolute Gasteiger partial charge is 0.453 e. The molecule has 2 unspecified atom stereocenters. The van der Waals surface area contributed by atoms with Crippen LogP contribution in [0.2, 0.25) is 0 Å². The Labute approximate surface area is 231 Å². The predicted octanol–water partition coefficient (Wildman–Crippen LogP) is 0.123. The summed E-state index contributed by atoms with van der Waals surface area (Å²) in [6, 6.07) is -1.19. The van der Waals surface area contributed by atoms with Crippen molar-refractivity contribution in [1.29, 1.82) is 0 Å². The zero-order valence-corrected chi connectivity index (χ0v) is 23.7. The smallest absolute Gasteiger partial charge is 0.355 e. The summed E-state index contributed by atoms with van der Waals surface area (Å²) in [4.78, 5) is 59.7. The molecule has 2 N–H and O–H groups in total. The number of β-lactam (4-membered cyclic amide) rings is 1. The third-order valence-electron chi connectivity index (χ3n) is 5.34. The summed E-state index contributed by atoms with van der Waals surface area (Å²) in [7, 11) is -0.374. The second-order valence-corrected chi connectivity index (χ2v) is 11.3. The summed E-state index contributed by atoms with van der Waals surface area (Å²) in [5.41, 5.74) is -0.225. The van der Waals surface area contributed by atoms with Crippen molar-refractivity contribution in [1.82, 2.24) is 15.2 Å². The highest BCUT2D eigenvalue weighted by atomic mass is 32.2. The average Bonchev–Trinajstić information content (AvgIpc) is 3.35. The molecule has 0 aromatic carbocycles. The van der Waals surface area contributed by atoms with Gasteiger partial charge in [0.1, 0.15) is 36.0 Å². The maximum atomic E-state index is 13.1. The molecule has 214 valence electrons. The van der Waals surface area contributed by atoms with Gasteiger partial charge in [0, 0.05) is 11.1 Å². The Morgan fingerprint density at radius 2 is 1.92 bits per heavy atom. The SMILES string of the molecule is CON=C(C(=O)NC1C(=O)N2C(C(=O)OC(COC(C)C)COC(C)C)=CCS(=O)[C@H]12)c1csc(NC=O)n1. The molecule has 3 amide bonds. The summed E-state index contributed by atoms with van der Waals surface area (Å²) in [6.45, 7) is 7.56. The zero-order valence-electron chi connectivity index (χ0n) is 22.1. The van der Waals surface area contributed by atoms with Gasteiger partial charge in [-0.05, 0) is 33.8 Å². The minimum atomic E-state index is -1.60. The van der Waals surface area contributed by atoms with Crippen LogP contribution >= 0.6 is 11.3 Å². The molecule has 16 heteroatoms. The second-order valence-electron chi connectivity index (χ2n) is 8.90. The standard InChI is InChI=1S/C23H31N5O9S2/c1-12(2)35-8-14(9-36-13(3)4)37-22(32)16-6-7-39(33)21-18(20(31)28(16)21)26-19(30)17(27-34-5)15-10-38-23(25-15)24-11-29/h6,10-14,18,21H,7-9H2,1-5H3,(H,26,30)(H,24,25,29)/t18?,21-,39?/m1/s1. The van der Waals surface area contributed by atoms with Crippen molar-refractivity contribution in [3.05, 3.63) is 22.8 Å². The first-order chi connectivity index (χ1) is 18.6. The molecular formula is C23H31N5O9S2. The number of nitrogens with one attached hydrogen (secondary N) is 2. The van der Waals surface area contributed by atoms with Gasteiger partial charge in [-0.25, -0.2) is 9.78 Å². The van der Waals surface area contributed by atoms with E-state index in [2.05, 4.69) is 20.8 Å². The number of oxime groups is 1. The molecule has 0 spiro atoms. The third-order valence-corrected chi connectivity index (χ3v) is 7.63. The monoisotopic (exact) mass is 585 g/mol. The quantitative estimate of drug-likeness (QED) is 0.100. The van der Waals surface area contributed by atoms with E-state index in [4.69, 9.17) is 19.0 Å². The molecule has 2 aliphatic rings. The third kappa shape index (κ3) is 7.46. The van der Waals surface area contributed by atoms with Gasteiger partial charge < -0.3 is 29.7 Å². The summed E-state index contributed by atoms with van der Waals surface area (Å²) in [6.07, 6.45) is 0.879. The number of amides is 3. The lowest BCUT2D eigenvalue weighted by molar-refractivity contribution is -0.161. The number of aromatic nitrogens is 1. The van der Waals surface area contributed by atoms with Crippen molar-refractivity contribution in [3.8, 4) is 0 Å². The van der Waals surface area contributed by atoms with Gasteiger partial charge in [0.2, 0.25) is 6.41 Å². The highest BCUT2D eigenvalue weighted by Gasteiger charge is 2.56. The Hall–Kier alpha value is -3.21. The van der Waals surface area contributed by atoms with Gasteiger partial charge in [0.05, 0.1) is 36.2 Å². The fourth-order valence-corrected chi connectivity index (χ4v) is 5.71. The number of hydrogen-bond acceptors (Lipinski definition) is 12. The van der Waals surface area contributed by atoms with Crippen molar-refractivity contribution < 1.29 is 42.4 Å². The topological polar surface area (TPSA) is 175 Å². The Morgan fingerprint density at radius 3 is 2.51 bits per heavy atom. The van der Waals surface area contributed by atoms with Gasteiger partial charge in [-0.2, -0.15) is 0 Å². The molecule has 1 fully saturated rings. The van der Waals surface area contributed by atoms with Gasteiger partial charge in [-0.1, -0.05) is 5.16 Å². The van der Waals surface area contributed by atoms with Crippen LogP contribution in [-0.4, -0.2) is 99.8 Å². The normalized spacial score (nSPS) is 20.9. The number of hydrogen-bond donors (Lipinski definition) is 2. The number of ether oxygens (including phenoxy) is 3. The number of thiazole rings is 1. The molecule has 0 aliphatic carbocycles. The molecule has 1 aromatic heterocycles. The van der Waals surface area contributed by atoms with Crippen LogP contribution in [0.15, 0.2) is 22.3 Å². The molecule has 14 nitrogen and oxygen atoms in total. The highest BCUT2D eigenvalue weighted by Crippen LogP contribution is 2.32. The molecule has 39 heavy (non-hydrogen) atoms. The molecule has 1 saturated heterocycles. The van der Waals surface area contributed by atoms with E-state index in [-0.39, 0.29) is 53.4 Å². The number of carbonyl (C=O) groups excluding carboxylic acids is 4. The Kier molecular flexibility index (Phi) is 10.7. The number of anilines is 1. The second kappa shape index (κ2) is 13.7. The fourth-order valence-electron chi connectivity index (χ4n) is 3.59. The van der Waals surface area contributed by atoms with E-state index >= 15 is 0 Å². The molecule has 2 aliphatic heterocycles. The highest BCUT2D eigenvalue weighted by molar-refractivity contribution is 7.86. The first-order valence-corrected chi connectivity index (χ1v) is 14.3. The van der Waals surface area contributed by atoms with E-state index in [0.29, 0.717) is 6.41 Å². The predicted molar refractivity (Wildman–Crippen MR) is 141 cm³/mol. The van der Waals surface area contributed by atoms with Crippen LogP contribution in [0.5, 0.6) is 0 Å². The number of rotatable bonds is 14. The summed E-state index contributed by atoms with van der Waals surface area (Å²) < 4.78 is 29.5. The van der Waals surface area contributed by atoms with Gasteiger partial charge in [0.25, 0.3) is 11.8 Å². The van der Waals surface area contributed by atoms with Crippen molar-refractivity contribution in [2.24, 2.45) is 5.16 Å². The van der Waals surface area contributed by atoms with E-state index in [0.717, 1.165) is 16.2 Å². The molecule has 0 bridgehead atoms. The molecule has 3 rings (SSSR count). The van der Waals surface area contributed by atoms with Crippen LogP contribution < -0.4 is 10.6 Å². The van der Waals surface area contributed by atoms with E-state index in [1.165, 1.54) is 18.6 Å². The fraction of sp³-hybridized carbons (Fsp3) is 0.565. The Balaban J connectivity index is 1.71. The van der Waals surface area contributed by atoms with E-state index < -0.39 is 46.1 Å². The minimum absolute atomic E-state index is 0.0211. The average molecular weight is 586 g/mol. The number of nitrogens with zero attached hydrogens (tertiary/aromatic N) is 3. The van der Waals surface area contributed by atoms with Crippen LogP contribution in [0.25, 0.3) is 0 Å². The number of carbonyl (C=O) groups is 4. The van der Waals surface area contributed by atoms with Crippen molar-refractivity contribution in [2.75, 3.05) is 31.4 Å². The first kappa shape index (κ1) is 30.3. The maximum absolute atomic E-state index is 13.1. The summed E-state index contributed by atoms with van der Waals surface area (Å²) >= 11 is 1.05. The van der Waals surface area contributed by atoms with Crippen LogP contribution in [0.1, 0.15) is 33.4 Å². The van der Waals surface area contributed by atoms with E-state index in [1.807, 2.05) is 27.7 Å². The number of esters is 1. The molecular weight excluding hydrogens is 554 g/mol. The number of fused-ring (bicyclic) bond motifs is 1. The lowest BCUT2D eigenvalue weighted by Crippen LogP contribution is -2.73. The van der Waals surface area contributed by atoms with Crippen molar-refractivity contribution in [2.45, 2.75) is 57.4 Å². The minimum Gasteiger partial charge on any atom is -0.453 e.